The number of aryl methyl sites for hydroxylation is 1. The lowest BCUT2D eigenvalue weighted by atomic mass is 9.95. The van der Waals surface area contributed by atoms with E-state index in [4.69, 9.17) is 15.7 Å². The lowest BCUT2D eigenvalue weighted by Gasteiger charge is -2.37. The van der Waals surface area contributed by atoms with Gasteiger partial charge in [0.2, 0.25) is 0 Å². The molecule has 2 atom stereocenters. The fourth-order valence-corrected chi connectivity index (χ4v) is 2.71. The molecule has 21 heavy (non-hydrogen) atoms. The molecular weight excluding hydrogens is 270 g/mol. The van der Waals surface area contributed by atoms with Crippen LogP contribution in [-0.2, 0) is 4.74 Å². The SMILES string of the molecule is COC1CN(c2nnc(C)c(C)c2C(N)=NO)CCC1C. The Hall–Kier alpha value is -1.89. The Labute approximate surface area is 124 Å². The van der Waals surface area contributed by atoms with Crippen molar-refractivity contribution >= 4 is 11.7 Å². The van der Waals surface area contributed by atoms with Gasteiger partial charge >= 0.3 is 0 Å². The van der Waals surface area contributed by atoms with E-state index in [1.165, 1.54) is 0 Å². The molecule has 0 aliphatic carbocycles. The average Bonchev–Trinajstić information content (AvgIpc) is 2.49. The van der Waals surface area contributed by atoms with E-state index in [9.17, 15) is 0 Å². The highest BCUT2D eigenvalue weighted by molar-refractivity contribution is 6.02. The molecule has 1 fully saturated rings. The maximum atomic E-state index is 9.04. The van der Waals surface area contributed by atoms with Crippen molar-refractivity contribution in [2.24, 2.45) is 16.8 Å². The Kier molecular flexibility index (Phi) is 4.62. The Balaban J connectivity index is 2.42. The third-order valence-electron chi connectivity index (χ3n) is 4.29. The first kappa shape index (κ1) is 15.5. The van der Waals surface area contributed by atoms with Crippen LogP contribution in [0.2, 0.25) is 0 Å². The molecule has 7 heteroatoms. The number of rotatable bonds is 3. The minimum Gasteiger partial charge on any atom is -0.409 e. The van der Waals surface area contributed by atoms with Gasteiger partial charge in [0.15, 0.2) is 11.7 Å². The van der Waals surface area contributed by atoms with Crippen molar-refractivity contribution in [3.8, 4) is 0 Å². The molecule has 2 unspecified atom stereocenters. The lowest BCUT2D eigenvalue weighted by molar-refractivity contribution is 0.0496. The first-order chi connectivity index (χ1) is 9.99. The van der Waals surface area contributed by atoms with Crippen molar-refractivity contribution < 1.29 is 9.94 Å². The smallest absolute Gasteiger partial charge is 0.174 e. The van der Waals surface area contributed by atoms with Crippen molar-refractivity contribution in [3.63, 3.8) is 0 Å². The van der Waals surface area contributed by atoms with Gasteiger partial charge in [-0.15, -0.1) is 5.10 Å². The first-order valence-electron chi connectivity index (χ1n) is 7.09. The van der Waals surface area contributed by atoms with Crippen LogP contribution >= 0.6 is 0 Å². The number of nitrogens with two attached hydrogens (primary N) is 1. The molecule has 0 saturated carbocycles. The highest BCUT2D eigenvalue weighted by atomic mass is 16.5. The lowest BCUT2D eigenvalue weighted by Crippen LogP contribution is -2.45. The molecule has 0 aromatic carbocycles. The zero-order chi connectivity index (χ0) is 15.6. The van der Waals surface area contributed by atoms with Crippen LogP contribution in [0.3, 0.4) is 0 Å². The summed E-state index contributed by atoms with van der Waals surface area (Å²) in [6.07, 6.45) is 1.14. The van der Waals surface area contributed by atoms with Gasteiger partial charge in [0.05, 0.1) is 17.4 Å². The molecule has 1 saturated heterocycles. The summed E-state index contributed by atoms with van der Waals surface area (Å²) in [5.41, 5.74) is 8.14. The van der Waals surface area contributed by atoms with Gasteiger partial charge < -0.3 is 20.6 Å². The molecule has 2 heterocycles. The van der Waals surface area contributed by atoms with Crippen LogP contribution < -0.4 is 10.6 Å². The molecule has 0 bridgehead atoms. The standard InChI is InChI=1S/C14H23N5O2/c1-8-5-6-19(7-11(8)21-4)14-12(13(15)18-20)9(2)10(3)16-17-14/h8,11,20H,5-7H2,1-4H3,(H2,15,18). The quantitative estimate of drug-likeness (QED) is 0.374. The van der Waals surface area contributed by atoms with Gasteiger partial charge in [-0.3, -0.25) is 0 Å². The van der Waals surface area contributed by atoms with E-state index in [1.54, 1.807) is 7.11 Å². The first-order valence-corrected chi connectivity index (χ1v) is 7.09. The number of aromatic nitrogens is 2. The van der Waals surface area contributed by atoms with Crippen molar-refractivity contribution in [2.75, 3.05) is 25.1 Å². The van der Waals surface area contributed by atoms with Crippen LogP contribution in [0, 0.1) is 19.8 Å². The monoisotopic (exact) mass is 293 g/mol. The summed E-state index contributed by atoms with van der Waals surface area (Å²) in [4.78, 5) is 2.10. The van der Waals surface area contributed by atoms with E-state index in [0.29, 0.717) is 17.3 Å². The number of anilines is 1. The Morgan fingerprint density at radius 3 is 2.76 bits per heavy atom. The van der Waals surface area contributed by atoms with E-state index in [-0.39, 0.29) is 11.9 Å². The van der Waals surface area contributed by atoms with Crippen LogP contribution in [0.4, 0.5) is 5.82 Å². The summed E-state index contributed by atoms with van der Waals surface area (Å²) in [6, 6.07) is 0. The number of hydrogen-bond acceptors (Lipinski definition) is 6. The molecule has 0 spiro atoms. The number of methoxy groups -OCH3 is 1. The molecular formula is C14H23N5O2. The average molecular weight is 293 g/mol. The molecule has 1 aromatic rings. The molecule has 0 amide bonds. The van der Waals surface area contributed by atoms with E-state index < -0.39 is 0 Å². The van der Waals surface area contributed by atoms with E-state index in [0.717, 1.165) is 30.8 Å². The van der Waals surface area contributed by atoms with Crippen LogP contribution in [0.15, 0.2) is 5.16 Å². The summed E-state index contributed by atoms with van der Waals surface area (Å²) in [5.74, 6) is 1.22. The topological polar surface area (TPSA) is 96.9 Å². The highest BCUT2D eigenvalue weighted by Gasteiger charge is 2.29. The number of piperidine rings is 1. The summed E-state index contributed by atoms with van der Waals surface area (Å²) in [7, 11) is 1.72. The molecule has 7 nitrogen and oxygen atoms in total. The zero-order valence-electron chi connectivity index (χ0n) is 13.0. The Bertz CT molecular complexity index is 546. The van der Waals surface area contributed by atoms with Gasteiger partial charge in [-0.05, 0) is 31.7 Å². The van der Waals surface area contributed by atoms with Crippen LogP contribution in [-0.4, -0.2) is 47.5 Å². The summed E-state index contributed by atoms with van der Waals surface area (Å²) >= 11 is 0. The molecule has 1 aliphatic heterocycles. The highest BCUT2D eigenvalue weighted by Crippen LogP contribution is 2.27. The van der Waals surface area contributed by atoms with E-state index in [2.05, 4.69) is 27.2 Å². The normalized spacial score (nSPS) is 23.4. The van der Waals surface area contributed by atoms with E-state index >= 15 is 0 Å². The minimum absolute atomic E-state index is 0.0630. The summed E-state index contributed by atoms with van der Waals surface area (Å²) in [5, 5.41) is 20.6. The van der Waals surface area contributed by atoms with Gasteiger partial charge in [-0.25, -0.2) is 0 Å². The fraction of sp³-hybridized carbons (Fsp3) is 0.643. The summed E-state index contributed by atoms with van der Waals surface area (Å²) < 4.78 is 5.54. The van der Waals surface area contributed by atoms with E-state index in [1.807, 2.05) is 13.8 Å². The summed E-state index contributed by atoms with van der Waals surface area (Å²) in [6.45, 7) is 7.52. The molecule has 1 aliphatic rings. The number of amidine groups is 1. The zero-order valence-corrected chi connectivity index (χ0v) is 13.0. The van der Waals surface area contributed by atoms with Crippen molar-refractivity contribution in [2.45, 2.75) is 33.3 Å². The number of ether oxygens (including phenoxy) is 1. The maximum absolute atomic E-state index is 9.04. The third-order valence-corrected chi connectivity index (χ3v) is 4.29. The molecule has 0 radical (unpaired) electrons. The number of hydrogen-bond donors (Lipinski definition) is 2. The van der Waals surface area contributed by atoms with Gasteiger partial charge in [-0.1, -0.05) is 12.1 Å². The van der Waals surface area contributed by atoms with Gasteiger partial charge in [0.25, 0.3) is 0 Å². The number of nitrogens with zero attached hydrogens (tertiary/aromatic N) is 4. The van der Waals surface area contributed by atoms with Gasteiger partial charge in [0.1, 0.15) is 0 Å². The molecule has 2 rings (SSSR count). The van der Waals surface area contributed by atoms with Crippen molar-refractivity contribution in [1.82, 2.24) is 10.2 Å². The second kappa shape index (κ2) is 6.26. The van der Waals surface area contributed by atoms with Crippen LogP contribution in [0.1, 0.15) is 30.2 Å². The Morgan fingerprint density at radius 1 is 1.43 bits per heavy atom. The predicted octanol–water partition coefficient (Wildman–Crippen LogP) is 1.05. The molecule has 116 valence electrons. The van der Waals surface area contributed by atoms with Crippen molar-refractivity contribution in [3.05, 3.63) is 16.8 Å². The van der Waals surface area contributed by atoms with Crippen LogP contribution in [0.25, 0.3) is 0 Å². The number of oxime groups is 1. The third kappa shape index (κ3) is 2.92. The maximum Gasteiger partial charge on any atom is 0.174 e. The van der Waals surface area contributed by atoms with Crippen LogP contribution in [0.5, 0.6) is 0 Å². The Morgan fingerprint density at radius 2 is 2.14 bits per heavy atom. The van der Waals surface area contributed by atoms with Gasteiger partial charge in [0, 0.05) is 20.2 Å². The molecule has 3 N–H and O–H groups in total. The second-order valence-electron chi connectivity index (χ2n) is 5.58. The predicted molar refractivity (Wildman–Crippen MR) is 80.8 cm³/mol. The minimum atomic E-state index is 0.0630. The largest absolute Gasteiger partial charge is 0.409 e. The van der Waals surface area contributed by atoms with Gasteiger partial charge in [-0.2, -0.15) is 5.10 Å². The second-order valence-corrected chi connectivity index (χ2v) is 5.58. The van der Waals surface area contributed by atoms with Crippen molar-refractivity contribution in [1.29, 1.82) is 0 Å². The fourth-order valence-electron chi connectivity index (χ4n) is 2.71. The molecule has 1 aromatic heterocycles.